The molecule has 0 N–H and O–H groups in total. The first-order valence-corrected chi connectivity index (χ1v) is 6.58. The zero-order valence-electron chi connectivity index (χ0n) is 10.8. The predicted molar refractivity (Wildman–Crippen MR) is 72.4 cm³/mol. The van der Waals surface area contributed by atoms with Gasteiger partial charge in [0.1, 0.15) is 11.6 Å². The molecule has 0 unspecified atom stereocenters. The van der Waals surface area contributed by atoms with Gasteiger partial charge in [0.2, 0.25) is 0 Å². The molecule has 0 radical (unpaired) electrons. The number of aryl methyl sites for hydroxylation is 1. The van der Waals surface area contributed by atoms with Crippen LogP contribution in [0.2, 0.25) is 0 Å². The molecular weight excluding hydrogens is 232 g/mol. The Labute approximate surface area is 106 Å². The number of nitrogens with zero attached hydrogens (tertiary/aromatic N) is 2. The second-order valence-electron chi connectivity index (χ2n) is 4.92. The third-order valence-corrected chi connectivity index (χ3v) is 3.62. The van der Waals surface area contributed by atoms with Crippen LogP contribution in [0.3, 0.4) is 0 Å². The molecule has 3 nitrogen and oxygen atoms in total. The molecule has 17 heavy (non-hydrogen) atoms. The summed E-state index contributed by atoms with van der Waals surface area (Å²) in [4.78, 5) is 11.9. The first-order valence-electron chi connectivity index (χ1n) is 5.59. The minimum absolute atomic E-state index is 0.179. The topological polar surface area (TPSA) is 45.8 Å². The van der Waals surface area contributed by atoms with Crippen LogP contribution in [0.4, 0.5) is 0 Å². The predicted octanol–water partition coefficient (Wildman–Crippen LogP) is 2.56. The zero-order valence-corrected chi connectivity index (χ0v) is 11.6. The molecule has 0 atom stereocenters. The Morgan fingerprint density at radius 2 is 2.06 bits per heavy atom. The van der Waals surface area contributed by atoms with Crippen molar-refractivity contribution < 1.29 is 0 Å². The number of rotatable bonds is 3. The molecule has 0 amide bonds. The number of pyridine rings is 1. The number of hydrogen-bond donors (Lipinski definition) is 0. The first-order chi connectivity index (χ1) is 7.85. The Bertz CT molecular complexity index is 492. The fraction of sp³-hybridized carbons (Fsp3) is 0.538. The highest BCUT2D eigenvalue weighted by molar-refractivity contribution is 8.00. The van der Waals surface area contributed by atoms with Crippen molar-refractivity contribution in [3.8, 4) is 6.07 Å². The summed E-state index contributed by atoms with van der Waals surface area (Å²) in [6.07, 6.45) is 0. The van der Waals surface area contributed by atoms with Crippen LogP contribution < -0.4 is 5.56 Å². The van der Waals surface area contributed by atoms with E-state index in [0.717, 1.165) is 11.4 Å². The van der Waals surface area contributed by atoms with E-state index in [1.807, 2.05) is 30.8 Å². The summed E-state index contributed by atoms with van der Waals surface area (Å²) in [7, 11) is 0. The molecule has 0 aliphatic rings. The Kier molecular flexibility index (Phi) is 4.41. The second-order valence-corrected chi connectivity index (χ2v) is 6.84. The zero-order chi connectivity index (χ0) is 13.1. The summed E-state index contributed by atoms with van der Waals surface area (Å²) >= 11 is 1.82. The highest BCUT2D eigenvalue weighted by Crippen LogP contribution is 2.22. The van der Waals surface area contributed by atoms with Crippen molar-refractivity contribution in [2.45, 2.75) is 39.0 Å². The summed E-state index contributed by atoms with van der Waals surface area (Å²) in [6.45, 7) is 9.00. The molecule has 0 saturated heterocycles. The van der Waals surface area contributed by atoms with Crippen molar-refractivity contribution >= 4 is 11.8 Å². The molecule has 0 bridgehead atoms. The highest BCUT2D eigenvalue weighted by Gasteiger charge is 2.11. The molecule has 92 valence electrons. The molecule has 1 aromatic rings. The largest absolute Gasteiger partial charge is 0.311 e. The van der Waals surface area contributed by atoms with E-state index < -0.39 is 0 Å². The van der Waals surface area contributed by atoms with Crippen molar-refractivity contribution in [2.24, 2.45) is 0 Å². The maximum absolute atomic E-state index is 11.9. The van der Waals surface area contributed by atoms with E-state index in [9.17, 15) is 4.79 Å². The molecule has 0 spiro atoms. The van der Waals surface area contributed by atoms with Gasteiger partial charge in [0, 0.05) is 22.7 Å². The van der Waals surface area contributed by atoms with Crippen molar-refractivity contribution in [1.82, 2.24) is 4.57 Å². The minimum Gasteiger partial charge on any atom is -0.311 e. The van der Waals surface area contributed by atoms with Crippen LogP contribution in [0, 0.1) is 18.3 Å². The van der Waals surface area contributed by atoms with Crippen LogP contribution >= 0.6 is 11.8 Å². The fourth-order valence-corrected chi connectivity index (χ4v) is 2.36. The van der Waals surface area contributed by atoms with Crippen LogP contribution in [0.5, 0.6) is 0 Å². The quantitative estimate of drug-likeness (QED) is 0.828. The Hall–Kier alpha value is -1.21. The maximum Gasteiger partial charge on any atom is 0.268 e. The van der Waals surface area contributed by atoms with E-state index in [-0.39, 0.29) is 15.9 Å². The van der Waals surface area contributed by atoms with E-state index in [0.29, 0.717) is 6.54 Å². The summed E-state index contributed by atoms with van der Waals surface area (Å²) in [5.41, 5.74) is 0.946. The van der Waals surface area contributed by atoms with Gasteiger partial charge < -0.3 is 4.57 Å². The van der Waals surface area contributed by atoms with Crippen LogP contribution in [-0.2, 0) is 6.54 Å². The molecule has 0 aliphatic carbocycles. The summed E-state index contributed by atoms with van der Waals surface area (Å²) < 4.78 is 1.88. The van der Waals surface area contributed by atoms with Gasteiger partial charge in [0.25, 0.3) is 5.56 Å². The van der Waals surface area contributed by atoms with Crippen LogP contribution in [0.1, 0.15) is 32.0 Å². The van der Waals surface area contributed by atoms with Gasteiger partial charge >= 0.3 is 0 Å². The van der Waals surface area contributed by atoms with Crippen molar-refractivity contribution in [3.63, 3.8) is 0 Å². The molecule has 0 fully saturated rings. The Morgan fingerprint density at radius 1 is 1.41 bits per heavy atom. The monoisotopic (exact) mass is 250 g/mol. The molecule has 0 aromatic carbocycles. The van der Waals surface area contributed by atoms with Gasteiger partial charge in [-0.2, -0.15) is 17.0 Å². The second kappa shape index (κ2) is 5.42. The smallest absolute Gasteiger partial charge is 0.268 e. The highest BCUT2D eigenvalue weighted by atomic mass is 32.2. The minimum atomic E-state index is -0.179. The Balaban J connectivity index is 2.85. The maximum atomic E-state index is 11.9. The van der Waals surface area contributed by atoms with Gasteiger partial charge in [-0.1, -0.05) is 20.8 Å². The third-order valence-electron chi connectivity index (χ3n) is 2.36. The Morgan fingerprint density at radius 3 is 2.59 bits per heavy atom. The molecule has 1 heterocycles. The normalized spacial score (nSPS) is 11.2. The summed E-state index contributed by atoms with van der Waals surface area (Å²) in [6, 6.07) is 5.34. The van der Waals surface area contributed by atoms with E-state index >= 15 is 0 Å². The van der Waals surface area contributed by atoms with Gasteiger partial charge in [-0.25, -0.2) is 0 Å². The van der Waals surface area contributed by atoms with Crippen LogP contribution in [0.15, 0.2) is 16.9 Å². The average Bonchev–Trinajstić information content (AvgIpc) is 2.21. The number of hydrogen-bond acceptors (Lipinski definition) is 3. The molecular formula is C13H18N2OS. The van der Waals surface area contributed by atoms with Gasteiger partial charge in [-0.05, 0) is 19.1 Å². The van der Waals surface area contributed by atoms with Gasteiger partial charge in [0.15, 0.2) is 0 Å². The van der Waals surface area contributed by atoms with E-state index in [4.69, 9.17) is 5.26 Å². The molecule has 4 heteroatoms. The first kappa shape index (κ1) is 13.9. The third kappa shape index (κ3) is 3.94. The van der Waals surface area contributed by atoms with E-state index in [1.54, 1.807) is 10.6 Å². The lowest BCUT2D eigenvalue weighted by atomic mass is 10.2. The average molecular weight is 250 g/mol. The standard InChI is InChI=1S/C13H18N2OS/c1-10-5-6-11(9-14)12(16)15(10)7-8-17-13(2,3)4/h5-6H,7-8H2,1-4H3. The van der Waals surface area contributed by atoms with Gasteiger partial charge in [0.05, 0.1) is 0 Å². The number of thioether (sulfide) groups is 1. The van der Waals surface area contributed by atoms with E-state index in [2.05, 4.69) is 20.8 Å². The van der Waals surface area contributed by atoms with Crippen LogP contribution in [0.25, 0.3) is 0 Å². The number of nitriles is 1. The van der Waals surface area contributed by atoms with Gasteiger partial charge in [-0.3, -0.25) is 4.79 Å². The molecule has 0 saturated carbocycles. The molecule has 1 rings (SSSR count). The SMILES string of the molecule is Cc1ccc(C#N)c(=O)n1CCSC(C)(C)C. The van der Waals surface area contributed by atoms with Crippen molar-refractivity contribution in [2.75, 3.05) is 5.75 Å². The van der Waals surface area contributed by atoms with E-state index in [1.165, 1.54) is 0 Å². The summed E-state index contributed by atoms with van der Waals surface area (Å²) in [5, 5.41) is 8.82. The van der Waals surface area contributed by atoms with Crippen molar-refractivity contribution in [3.05, 3.63) is 33.7 Å². The lowest BCUT2D eigenvalue weighted by Crippen LogP contribution is -2.26. The van der Waals surface area contributed by atoms with Crippen molar-refractivity contribution in [1.29, 1.82) is 5.26 Å². The lowest BCUT2D eigenvalue weighted by molar-refractivity contribution is 0.699. The summed E-state index contributed by atoms with van der Waals surface area (Å²) in [5.74, 6) is 0.874. The lowest BCUT2D eigenvalue weighted by Gasteiger charge is -2.18. The van der Waals surface area contributed by atoms with Gasteiger partial charge in [-0.15, -0.1) is 0 Å². The molecule has 1 aromatic heterocycles. The number of aromatic nitrogens is 1. The fourth-order valence-electron chi connectivity index (χ4n) is 1.48. The van der Waals surface area contributed by atoms with Crippen LogP contribution in [-0.4, -0.2) is 15.1 Å². The molecule has 0 aliphatic heterocycles.